The summed E-state index contributed by atoms with van der Waals surface area (Å²) in [6.07, 6.45) is 2.95. The number of carbonyl (C=O) groups excluding carboxylic acids is 1. The third kappa shape index (κ3) is 4.03. The molecule has 0 aromatic rings. The maximum Gasteiger partial charge on any atom is 0.231 e. The Morgan fingerprint density at radius 1 is 1.45 bits per heavy atom. The summed E-state index contributed by atoms with van der Waals surface area (Å²) in [7, 11) is 1.71. The van der Waals surface area contributed by atoms with Gasteiger partial charge in [0, 0.05) is 31.2 Å². The summed E-state index contributed by atoms with van der Waals surface area (Å²) in [5, 5.41) is 3.96. The fourth-order valence-electron chi connectivity index (χ4n) is 3.09. The fourth-order valence-corrected chi connectivity index (χ4v) is 4.27. The number of thioether (sulfide) groups is 1. The van der Waals surface area contributed by atoms with Crippen molar-refractivity contribution in [3.05, 3.63) is 0 Å². The van der Waals surface area contributed by atoms with Crippen molar-refractivity contribution in [1.29, 1.82) is 0 Å². The van der Waals surface area contributed by atoms with Crippen molar-refractivity contribution in [3.8, 4) is 0 Å². The Balaban J connectivity index is 0.00000200. The van der Waals surface area contributed by atoms with E-state index in [9.17, 15) is 4.79 Å². The van der Waals surface area contributed by atoms with Gasteiger partial charge in [-0.1, -0.05) is 6.92 Å². The van der Waals surface area contributed by atoms with E-state index in [2.05, 4.69) is 17.1 Å². The summed E-state index contributed by atoms with van der Waals surface area (Å²) < 4.78 is 5.37. The minimum Gasteiger partial charge on any atom is -0.384 e. The first-order valence-corrected chi connectivity index (χ1v) is 8.37. The molecule has 1 amide bonds. The summed E-state index contributed by atoms with van der Waals surface area (Å²) in [4.78, 5) is 15.0. The van der Waals surface area contributed by atoms with E-state index in [1.54, 1.807) is 7.11 Å². The van der Waals surface area contributed by atoms with Gasteiger partial charge in [0.1, 0.15) is 0 Å². The molecule has 2 saturated heterocycles. The number of carbonyl (C=O) groups is 1. The molecule has 2 aliphatic heterocycles. The van der Waals surface area contributed by atoms with Crippen molar-refractivity contribution >= 4 is 30.1 Å². The van der Waals surface area contributed by atoms with Gasteiger partial charge < -0.3 is 15.0 Å². The van der Waals surface area contributed by atoms with Gasteiger partial charge in [0.25, 0.3) is 0 Å². The Morgan fingerprint density at radius 3 is 2.75 bits per heavy atom. The van der Waals surface area contributed by atoms with Crippen molar-refractivity contribution in [1.82, 2.24) is 10.2 Å². The van der Waals surface area contributed by atoms with Crippen molar-refractivity contribution in [2.75, 3.05) is 45.6 Å². The third-order valence-electron chi connectivity index (χ3n) is 4.32. The van der Waals surface area contributed by atoms with Crippen LogP contribution in [0.2, 0.25) is 0 Å². The first-order chi connectivity index (χ1) is 9.22. The number of hydrogen-bond acceptors (Lipinski definition) is 4. The molecule has 1 N–H and O–H groups in total. The standard InChI is InChI=1S/C14H26N2O2S.ClH/c1-3-12-10-16(8-9-19-12)13(17)14(11-18-2)4-6-15-7-5-14;/h12,15H,3-11H2,1-2H3;1H. The highest BCUT2D eigenvalue weighted by Gasteiger charge is 2.43. The number of hydrogen-bond donors (Lipinski definition) is 1. The van der Waals surface area contributed by atoms with Gasteiger partial charge in [0.15, 0.2) is 0 Å². The lowest BCUT2D eigenvalue weighted by Crippen LogP contribution is -2.54. The molecule has 2 fully saturated rings. The normalized spacial score (nSPS) is 25.9. The molecule has 0 spiro atoms. The van der Waals surface area contributed by atoms with Crippen LogP contribution in [0.15, 0.2) is 0 Å². The van der Waals surface area contributed by atoms with E-state index in [0.717, 1.165) is 51.2 Å². The number of amides is 1. The van der Waals surface area contributed by atoms with Crippen LogP contribution in [0.5, 0.6) is 0 Å². The van der Waals surface area contributed by atoms with Gasteiger partial charge in [-0.25, -0.2) is 0 Å². The Hall–Kier alpha value is 0.0300. The van der Waals surface area contributed by atoms with E-state index in [1.807, 2.05) is 11.8 Å². The molecule has 6 heteroatoms. The predicted molar refractivity (Wildman–Crippen MR) is 86.8 cm³/mol. The Morgan fingerprint density at radius 2 is 2.15 bits per heavy atom. The molecule has 20 heavy (non-hydrogen) atoms. The second kappa shape index (κ2) is 8.47. The van der Waals surface area contributed by atoms with Crippen molar-refractivity contribution < 1.29 is 9.53 Å². The van der Waals surface area contributed by atoms with Gasteiger partial charge in [-0.15, -0.1) is 12.4 Å². The summed E-state index contributed by atoms with van der Waals surface area (Å²) in [6, 6.07) is 0. The minimum absolute atomic E-state index is 0. The molecule has 0 aliphatic carbocycles. The van der Waals surface area contributed by atoms with Crippen LogP contribution in [-0.2, 0) is 9.53 Å². The second-order valence-corrected chi connectivity index (χ2v) is 7.02. The van der Waals surface area contributed by atoms with Gasteiger partial charge in [0.05, 0.1) is 12.0 Å². The van der Waals surface area contributed by atoms with Crippen molar-refractivity contribution in [3.63, 3.8) is 0 Å². The van der Waals surface area contributed by atoms with Crippen molar-refractivity contribution in [2.24, 2.45) is 5.41 Å². The molecule has 0 aromatic heterocycles. The number of piperidine rings is 1. The lowest BCUT2D eigenvalue weighted by atomic mass is 9.78. The highest BCUT2D eigenvalue weighted by Crippen LogP contribution is 2.33. The molecule has 118 valence electrons. The molecule has 0 aromatic carbocycles. The van der Waals surface area contributed by atoms with Gasteiger partial charge >= 0.3 is 0 Å². The molecule has 2 aliphatic rings. The number of nitrogens with one attached hydrogen (secondary N) is 1. The molecule has 0 bridgehead atoms. The molecule has 4 nitrogen and oxygen atoms in total. The lowest BCUT2D eigenvalue weighted by Gasteiger charge is -2.42. The van der Waals surface area contributed by atoms with Gasteiger partial charge in [-0.05, 0) is 32.4 Å². The average molecular weight is 323 g/mol. The van der Waals surface area contributed by atoms with E-state index in [-0.39, 0.29) is 17.8 Å². The molecule has 1 unspecified atom stereocenters. The second-order valence-electron chi connectivity index (χ2n) is 5.62. The van der Waals surface area contributed by atoms with Crippen LogP contribution in [0, 0.1) is 5.41 Å². The number of rotatable bonds is 4. The molecule has 0 saturated carbocycles. The van der Waals surface area contributed by atoms with Crippen molar-refractivity contribution in [2.45, 2.75) is 31.4 Å². The first-order valence-electron chi connectivity index (χ1n) is 7.32. The number of halogens is 1. The zero-order valence-electron chi connectivity index (χ0n) is 12.5. The van der Waals surface area contributed by atoms with Crippen LogP contribution < -0.4 is 5.32 Å². The van der Waals surface area contributed by atoms with Crippen LogP contribution in [0.1, 0.15) is 26.2 Å². The van der Waals surface area contributed by atoms with E-state index >= 15 is 0 Å². The maximum absolute atomic E-state index is 12.9. The summed E-state index contributed by atoms with van der Waals surface area (Å²) in [5.41, 5.74) is -0.277. The average Bonchev–Trinajstić information content (AvgIpc) is 2.48. The molecule has 2 heterocycles. The predicted octanol–water partition coefficient (Wildman–Crippen LogP) is 1.78. The third-order valence-corrected chi connectivity index (χ3v) is 5.69. The largest absolute Gasteiger partial charge is 0.384 e. The van der Waals surface area contributed by atoms with E-state index < -0.39 is 0 Å². The van der Waals surface area contributed by atoms with Crippen LogP contribution in [0.4, 0.5) is 0 Å². The number of methoxy groups -OCH3 is 1. The van der Waals surface area contributed by atoms with Gasteiger partial charge in [0.2, 0.25) is 5.91 Å². The van der Waals surface area contributed by atoms with Gasteiger partial charge in [-0.3, -0.25) is 4.79 Å². The smallest absolute Gasteiger partial charge is 0.231 e. The Bertz CT molecular complexity index is 306. The highest BCUT2D eigenvalue weighted by atomic mass is 35.5. The number of nitrogens with zero attached hydrogens (tertiary/aromatic N) is 1. The van der Waals surface area contributed by atoms with E-state index in [0.29, 0.717) is 17.8 Å². The quantitative estimate of drug-likeness (QED) is 0.856. The zero-order valence-corrected chi connectivity index (χ0v) is 14.2. The molecular weight excluding hydrogens is 296 g/mol. The Kier molecular flexibility index (Phi) is 7.65. The molecule has 2 rings (SSSR count). The molecule has 1 atom stereocenters. The molecule has 0 radical (unpaired) electrons. The first kappa shape index (κ1) is 18.1. The minimum atomic E-state index is -0.277. The summed E-state index contributed by atoms with van der Waals surface area (Å²) >= 11 is 2.01. The van der Waals surface area contributed by atoms with E-state index in [1.165, 1.54) is 0 Å². The fraction of sp³-hybridized carbons (Fsp3) is 0.929. The summed E-state index contributed by atoms with van der Waals surface area (Å²) in [6.45, 7) is 6.44. The summed E-state index contributed by atoms with van der Waals surface area (Å²) in [5.74, 6) is 1.40. The van der Waals surface area contributed by atoms with Crippen LogP contribution in [0.3, 0.4) is 0 Å². The highest BCUT2D eigenvalue weighted by molar-refractivity contribution is 8.00. The Labute approximate surface area is 132 Å². The monoisotopic (exact) mass is 322 g/mol. The maximum atomic E-state index is 12.9. The SMILES string of the molecule is CCC1CN(C(=O)C2(COC)CCNCC2)CCS1.Cl. The molecular formula is C14H27ClN2O2S. The van der Waals surface area contributed by atoms with Crippen LogP contribution in [0.25, 0.3) is 0 Å². The van der Waals surface area contributed by atoms with Crippen LogP contribution in [-0.4, -0.2) is 61.7 Å². The van der Waals surface area contributed by atoms with E-state index in [4.69, 9.17) is 4.74 Å². The zero-order chi connectivity index (χ0) is 13.7. The van der Waals surface area contributed by atoms with Crippen LogP contribution >= 0.6 is 24.2 Å². The lowest BCUT2D eigenvalue weighted by molar-refractivity contribution is -0.147. The van der Waals surface area contributed by atoms with Gasteiger partial charge in [-0.2, -0.15) is 11.8 Å². The topological polar surface area (TPSA) is 41.6 Å². The number of ether oxygens (including phenoxy) is 1.